The first kappa shape index (κ1) is 21.4. The Morgan fingerprint density at radius 1 is 1.14 bits per heavy atom. The maximum Gasteiger partial charge on any atom is 0.191 e. The molecule has 1 atom stereocenters. The van der Waals surface area contributed by atoms with E-state index in [4.69, 9.17) is 0 Å². The average Bonchev–Trinajstić information content (AvgIpc) is 3.25. The van der Waals surface area contributed by atoms with E-state index in [0.717, 1.165) is 31.6 Å². The van der Waals surface area contributed by atoms with E-state index in [9.17, 15) is 0 Å². The molecule has 0 aliphatic carbocycles. The van der Waals surface area contributed by atoms with E-state index in [1.807, 2.05) is 30.2 Å². The molecule has 158 valence electrons. The lowest BCUT2D eigenvalue weighted by molar-refractivity contribution is 0.158. The van der Waals surface area contributed by atoms with E-state index < -0.39 is 0 Å². The van der Waals surface area contributed by atoms with Gasteiger partial charge in [0.25, 0.3) is 0 Å². The van der Waals surface area contributed by atoms with Crippen LogP contribution in [0.4, 0.5) is 0 Å². The largest absolute Gasteiger partial charge is 0.356 e. The first-order valence-electron chi connectivity index (χ1n) is 11.0. The van der Waals surface area contributed by atoms with Gasteiger partial charge in [-0.15, -0.1) is 0 Å². The van der Waals surface area contributed by atoms with Crippen molar-refractivity contribution in [3.8, 4) is 0 Å². The van der Waals surface area contributed by atoms with Crippen molar-refractivity contribution in [3.63, 3.8) is 0 Å². The zero-order valence-corrected chi connectivity index (χ0v) is 18.0. The smallest absolute Gasteiger partial charge is 0.191 e. The number of rotatable bonds is 9. The number of nitrogens with one attached hydrogen (secondary N) is 2. The fraction of sp³-hybridized carbons (Fsp3) is 0.565. The Bertz CT molecular complexity index is 740. The average molecular weight is 397 g/mol. The van der Waals surface area contributed by atoms with Crippen LogP contribution in [0, 0.1) is 0 Å². The van der Waals surface area contributed by atoms with Gasteiger partial charge in [-0.25, -0.2) is 0 Å². The third kappa shape index (κ3) is 6.89. The van der Waals surface area contributed by atoms with Crippen molar-refractivity contribution in [2.75, 3.05) is 26.7 Å². The van der Waals surface area contributed by atoms with Crippen molar-refractivity contribution < 1.29 is 0 Å². The Morgan fingerprint density at radius 3 is 2.76 bits per heavy atom. The summed E-state index contributed by atoms with van der Waals surface area (Å²) in [7, 11) is 1.83. The molecule has 1 aromatic heterocycles. The maximum atomic E-state index is 4.37. The van der Waals surface area contributed by atoms with Crippen LogP contribution in [0.15, 0.2) is 47.7 Å². The lowest BCUT2D eigenvalue weighted by Crippen LogP contribution is -2.39. The molecule has 6 nitrogen and oxygen atoms in total. The van der Waals surface area contributed by atoms with Gasteiger partial charge in [0.1, 0.15) is 0 Å². The summed E-state index contributed by atoms with van der Waals surface area (Å²) >= 11 is 0. The molecular weight excluding hydrogens is 360 g/mol. The fourth-order valence-corrected chi connectivity index (χ4v) is 3.99. The van der Waals surface area contributed by atoms with Crippen molar-refractivity contribution >= 4 is 5.96 Å². The van der Waals surface area contributed by atoms with Crippen molar-refractivity contribution in [1.82, 2.24) is 25.3 Å². The van der Waals surface area contributed by atoms with Gasteiger partial charge in [-0.3, -0.25) is 9.67 Å². The Morgan fingerprint density at radius 2 is 2.00 bits per heavy atom. The quantitative estimate of drug-likeness (QED) is 0.388. The predicted octanol–water partition coefficient (Wildman–Crippen LogP) is 3.25. The molecule has 2 N–H and O–H groups in total. The summed E-state index contributed by atoms with van der Waals surface area (Å²) < 4.78 is 1.95. The number of hydrogen-bond acceptors (Lipinski definition) is 3. The highest BCUT2D eigenvalue weighted by Gasteiger charge is 2.16. The van der Waals surface area contributed by atoms with E-state index in [-0.39, 0.29) is 0 Å². The summed E-state index contributed by atoms with van der Waals surface area (Å²) in [6.45, 7) is 7.35. The molecule has 0 radical (unpaired) electrons. The van der Waals surface area contributed by atoms with Crippen molar-refractivity contribution in [2.24, 2.45) is 4.99 Å². The second-order valence-corrected chi connectivity index (χ2v) is 7.91. The second-order valence-electron chi connectivity index (χ2n) is 7.91. The number of benzene rings is 1. The summed E-state index contributed by atoms with van der Waals surface area (Å²) in [6, 6.07) is 11.2. The van der Waals surface area contributed by atoms with Crippen LogP contribution in [0.2, 0.25) is 0 Å². The van der Waals surface area contributed by atoms with E-state index in [2.05, 4.69) is 56.8 Å². The molecule has 29 heavy (non-hydrogen) atoms. The predicted molar refractivity (Wildman–Crippen MR) is 120 cm³/mol. The minimum atomic E-state index is 0.752. The van der Waals surface area contributed by atoms with Gasteiger partial charge in [-0.1, -0.05) is 30.7 Å². The van der Waals surface area contributed by atoms with Crippen LogP contribution in [-0.4, -0.2) is 53.4 Å². The molecule has 1 unspecified atom stereocenters. The van der Waals surface area contributed by atoms with E-state index in [1.54, 1.807) is 0 Å². The monoisotopic (exact) mass is 396 g/mol. The number of likely N-dealkylation sites (tertiary alicyclic amines) is 1. The van der Waals surface area contributed by atoms with Crippen molar-refractivity contribution in [1.29, 1.82) is 0 Å². The number of hydrogen-bond donors (Lipinski definition) is 2. The topological polar surface area (TPSA) is 57.5 Å². The van der Waals surface area contributed by atoms with Crippen LogP contribution < -0.4 is 10.6 Å². The Labute approximate surface area is 175 Å². The standard InChI is InChI=1S/C23H36N6/c1-20-10-5-7-15-28(20)16-8-6-13-25-23(24-2)26-18-21-11-3-4-12-22(21)19-29-17-9-14-27-29/h3-4,9,11-12,14,17,20H,5-8,10,13,15-16,18-19H2,1-2H3,(H2,24,25,26). The SMILES string of the molecule is CN=C(NCCCCN1CCCCC1C)NCc1ccccc1Cn1cccn1. The molecular formula is C23H36N6. The highest BCUT2D eigenvalue weighted by atomic mass is 15.3. The molecule has 1 aliphatic heterocycles. The van der Waals surface area contributed by atoms with Crippen LogP contribution >= 0.6 is 0 Å². The Balaban J connectivity index is 1.38. The molecule has 2 aromatic rings. The van der Waals surface area contributed by atoms with Gasteiger partial charge in [-0.05, 0) is 62.9 Å². The maximum absolute atomic E-state index is 4.37. The van der Waals surface area contributed by atoms with E-state index >= 15 is 0 Å². The van der Waals surface area contributed by atoms with Crippen molar-refractivity contribution in [2.45, 2.75) is 58.2 Å². The molecule has 6 heteroatoms. The molecule has 0 bridgehead atoms. The Kier molecular flexibility index (Phi) is 8.56. The van der Waals surface area contributed by atoms with Gasteiger partial charge < -0.3 is 15.5 Å². The number of nitrogens with zero attached hydrogens (tertiary/aromatic N) is 4. The molecule has 1 aliphatic rings. The van der Waals surface area contributed by atoms with Crippen molar-refractivity contribution in [3.05, 3.63) is 53.9 Å². The fourth-order valence-electron chi connectivity index (χ4n) is 3.99. The highest BCUT2D eigenvalue weighted by Crippen LogP contribution is 2.16. The lowest BCUT2D eigenvalue weighted by atomic mass is 10.0. The highest BCUT2D eigenvalue weighted by molar-refractivity contribution is 5.79. The van der Waals surface area contributed by atoms with Crippen LogP contribution in [0.5, 0.6) is 0 Å². The lowest BCUT2D eigenvalue weighted by Gasteiger charge is -2.33. The summed E-state index contributed by atoms with van der Waals surface area (Å²) in [6.07, 6.45) is 10.3. The Hall–Kier alpha value is -2.34. The van der Waals surface area contributed by atoms with Crippen LogP contribution in [0.25, 0.3) is 0 Å². The number of piperidine rings is 1. The van der Waals surface area contributed by atoms with E-state index in [1.165, 1.54) is 56.3 Å². The molecule has 1 fully saturated rings. The molecule has 0 saturated carbocycles. The second kappa shape index (κ2) is 11.6. The van der Waals surface area contributed by atoms with Gasteiger partial charge in [0, 0.05) is 38.6 Å². The number of unbranched alkanes of at least 4 members (excludes halogenated alkanes) is 1. The van der Waals surface area contributed by atoms with Gasteiger partial charge >= 0.3 is 0 Å². The summed E-state index contributed by atoms with van der Waals surface area (Å²) in [5.41, 5.74) is 2.54. The minimum absolute atomic E-state index is 0.752. The third-order valence-electron chi connectivity index (χ3n) is 5.78. The summed E-state index contributed by atoms with van der Waals surface area (Å²) in [5.74, 6) is 0.866. The zero-order valence-electron chi connectivity index (χ0n) is 18.0. The first-order valence-corrected chi connectivity index (χ1v) is 11.0. The van der Waals surface area contributed by atoms with Gasteiger partial charge in [-0.2, -0.15) is 5.10 Å². The summed E-state index contributed by atoms with van der Waals surface area (Å²) in [4.78, 5) is 7.02. The van der Waals surface area contributed by atoms with Gasteiger partial charge in [0.05, 0.1) is 6.54 Å². The molecule has 0 spiro atoms. The molecule has 0 amide bonds. The number of aromatic nitrogens is 2. The molecule has 3 rings (SSSR count). The minimum Gasteiger partial charge on any atom is -0.356 e. The zero-order chi connectivity index (χ0) is 20.3. The summed E-state index contributed by atoms with van der Waals surface area (Å²) in [5, 5.41) is 11.2. The van der Waals surface area contributed by atoms with Crippen LogP contribution in [-0.2, 0) is 13.1 Å². The van der Waals surface area contributed by atoms with Crippen LogP contribution in [0.3, 0.4) is 0 Å². The normalized spacial score (nSPS) is 18.0. The van der Waals surface area contributed by atoms with Crippen LogP contribution in [0.1, 0.15) is 50.2 Å². The molecule has 1 saturated heterocycles. The van der Waals surface area contributed by atoms with Gasteiger partial charge in [0.2, 0.25) is 0 Å². The molecule has 1 aromatic carbocycles. The van der Waals surface area contributed by atoms with Gasteiger partial charge in [0.15, 0.2) is 5.96 Å². The first-order chi connectivity index (χ1) is 14.3. The number of guanidine groups is 1. The van der Waals surface area contributed by atoms with E-state index in [0.29, 0.717) is 0 Å². The molecule has 2 heterocycles. The number of aliphatic imine (C=N–C) groups is 1. The third-order valence-corrected chi connectivity index (χ3v) is 5.78.